The van der Waals surface area contributed by atoms with E-state index in [2.05, 4.69) is 5.32 Å². The van der Waals surface area contributed by atoms with Gasteiger partial charge in [-0.05, 0) is 24.6 Å². The first kappa shape index (κ1) is 16.0. The normalized spacial score (nSPS) is 9.95. The SMILES string of the molecule is CCN(Cc1ccc(OC)cc1)C(=O)CNC(=O)CN. The third kappa shape index (κ3) is 4.89. The highest BCUT2D eigenvalue weighted by molar-refractivity contribution is 5.85. The van der Waals surface area contributed by atoms with Crippen molar-refractivity contribution in [2.24, 2.45) is 5.73 Å². The minimum atomic E-state index is -0.334. The molecule has 0 aliphatic rings. The Labute approximate surface area is 118 Å². The summed E-state index contributed by atoms with van der Waals surface area (Å²) in [6.07, 6.45) is 0. The van der Waals surface area contributed by atoms with Crippen LogP contribution in [0.5, 0.6) is 5.75 Å². The smallest absolute Gasteiger partial charge is 0.242 e. The molecule has 0 radical (unpaired) electrons. The molecule has 6 nitrogen and oxygen atoms in total. The summed E-state index contributed by atoms with van der Waals surface area (Å²) in [4.78, 5) is 24.7. The van der Waals surface area contributed by atoms with Crippen LogP contribution in [0.15, 0.2) is 24.3 Å². The Morgan fingerprint density at radius 1 is 1.30 bits per heavy atom. The number of amides is 2. The number of carbonyl (C=O) groups is 2. The Balaban J connectivity index is 2.56. The number of nitrogens with one attached hydrogen (secondary N) is 1. The van der Waals surface area contributed by atoms with Crippen molar-refractivity contribution < 1.29 is 14.3 Å². The lowest BCUT2D eigenvalue weighted by molar-refractivity contribution is -0.132. The predicted molar refractivity (Wildman–Crippen MR) is 76.1 cm³/mol. The number of nitrogens with zero attached hydrogens (tertiary/aromatic N) is 1. The van der Waals surface area contributed by atoms with Gasteiger partial charge in [0.2, 0.25) is 11.8 Å². The summed E-state index contributed by atoms with van der Waals surface area (Å²) >= 11 is 0. The number of carbonyl (C=O) groups excluding carboxylic acids is 2. The van der Waals surface area contributed by atoms with Crippen LogP contribution in [0.2, 0.25) is 0 Å². The molecule has 6 heteroatoms. The minimum absolute atomic E-state index is 0.0277. The van der Waals surface area contributed by atoms with Gasteiger partial charge in [-0.2, -0.15) is 0 Å². The third-order valence-corrected chi connectivity index (χ3v) is 2.89. The quantitative estimate of drug-likeness (QED) is 0.742. The lowest BCUT2D eigenvalue weighted by Crippen LogP contribution is -2.41. The lowest BCUT2D eigenvalue weighted by Gasteiger charge is -2.21. The van der Waals surface area contributed by atoms with Crippen molar-refractivity contribution >= 4 is 11.8 Å². The van der Waals surface area contributed by atoms with Crippen LogP contribution in [0.1, 0.15) is 12.5 Å². The molecule has 20 heavy (non-hydrogen) atoms. The van der Waals surface area contributed by atoms with E-state index in [1.54, 1.807) is 12.0 Å². The van der Waals surface area contributed by atoms with Crippen molar-refractivity contribution in [2.45, 2.75) is 13.5 Å². The molecular formula is C14H21N3O3. The van der Waals surface area contributed by atoms with Crippen LogP contribution < -0.4 is 15.8 Å². The molecule has 0 aliphatic heterocycles. The Kier molecular flexibility index (Phi) is 6.52. The molecular weight excluding hydrogens is 258 g/mol. The van der Waals surface area contributed by atoms with Crippen molar-refractivity contribution in [3.63, 3.8) is 0 Å². The van der Waals surface area contributed by atoms with Gasteiger partial charge in [-0.3, -0.25) is 9.59 Å². The van der Waals surface area contributed by atoms with E-state index in [0.717, 1.165) is 11.3 Å². The van der Waals surface area contributed by atoms with Crippen LogP contribution in [-0.4, -0.2) is 43.5 Å². The van der Waals surface area contributed by atoms with Gasteiger partial charge in [-0.15, -0.1) is 0 Å². The van der Waals surface area contributed by atoms with E-state index in [4.69, 9.17) is 10.5 Å². The van der Waals surface area contributed by atoms with E-state index in [0.29, 0.717) is 13.1 Å². The van der Waals surface area contributed by atoms with Crippen molar-refractivity contribution in [1.82, 2.24) is 10.2 Å². The van der Waals surface area contributed by atoms with Gasteiger partial charge in [-0.25, -0.2) is 0 Å². The number of methoxy groups -OCH3 is 1. The molecule has 0 spiro atoms. The monoisotopic (exact) mass is 279 g/mol. The fourth-order valence-electron chi connectivity index (χ4n) is 1.69. The number of likely N-dealkylation sites (N-methyl/N-ethyl adjacent to an activating group) is 1. The van der Waals surface area contributed by atoms with Gasteiger partial charge >= 0.3 is 0 Å². The number of ether oxygens (including phenoxy) is 1. The molecule has 0 heterocycles. The molecule has 2 amide bonds. The Hall–Kier alpha value is -2.08. The summed E-state index contributed by atoms with van der Waals surface area (Å²) in [6.45, 7) is 2.82. The molecule has 3 N–H and O–H groups in total. The van der Waals surface area contributed by atoms with Crippen LogP contribution >= 0.6 is 0 Å². The van der Waals surface area contributed by atoms with E-state index in [1.165, 1.54) is 0 Å². The second-order valence-electron chi connectivity index (χ2n) is 4.24. The standard InChI is InChI=1S/C14H21N3O3/c1-3-17(14(19)9-16-13(18)8-15)10-11-4-6-12(20-2)7-5-11/h4-7H,3,8-10,15H2,1-2H3,(H,16,18). The third-order valence-electron chi connectivity index (χ3n) is 2.89. The average Bonchev–Trinajstić information content (AvgIpc) is 2.50. The van der Waals surface area contributed by atoms with Gasteiger partial charge in [0.25, 0.3) is 0 Å². The van der Waals surface area contributed by atoms with Gasteiger partial charge < -0.3 is 20.7 Å². The Morgan fingerprint density at radius 2 is 1.95 bits per heavy atom. The summed E-state index contributed by atoms with van der Waals surface area (Å²) in [7, 11) is 1.61. The second-order valence-corrected chi connectivity index (χ2v) is 4.24. The molecule has 0 unspecified atom stereocenters. The number of hydrogen-bond acceptors (Lipinski definition) is 4. The molecule has 1 rings (SSSR count). The summed E-state index contributed by atoms with van der Waals surface area (Å²) in [6, 6.07) is 7.52. The van der Waals surface area contributed by atoms with Crippen LogP contribution in [0, 0.1) is 0 Å². The molecule has 0 saturated carbocycles. The fraction of sp³-hybridized carbons (Fsp3) is 0.429. The molecule has 1 aromatic rings. The zero-order chi connectivity index (χ0) is 15.0. The molecule has 110 valence electrons. The van der Waals surface area contributed by atoms with Crippen LogP contribution in [0.4, 0.5) is 0 Å². The van der Waals surface area contributed by atoms with Crippen LogP contribution in [0.3, 0.4) is 0 Å². The van der Waals surface area contributed by atoms with Crippen molar-refractivity contribution in [3.05, 3.63) is 29.8 Å². The molecule has 0 bridgehead atoms. The molecule has 0 aromatic heterocycles. The molecule has 0 atom stereocenters. The second kappa shape index (κ2) is 8.16. The van der Waals surface area contributed by atoms with Crippen molar-refractivity contribution in [1.29, 1.82) is 0 Å². The summed E-state index contributed by atoms with van der Waals surface area (Å²) < 4.78 is 5.09. The maximum Gasteiger partial charge on any atom is 0.242 e. The van der Waals surface area contributed by atoms with E-state index < -0.39 is 0 Å². The van der Waals surface area contributed by atoms with E-state index in [9.17, 15) is 9.59 Å². The lowest BCUT2D eigenvalue weighted by atomic mass is 10.2. The first-order valence-corrected chi connectivity index (χ1v) is 6.48. The number of hydrogen-bond donors (Lipinski definition) is 2. The molecule has 0 fully saturated rings. The van der Waals surface area contributed by atoms with Crippen LogP contribution in [0.25, 0.3) is 0 Å². The minimum Gasteiger partial charge on any atom is -0.497 e. The first-order chi connectivity index (χ1) is 9.60. The highest BCUT2D eigenvalue weighted by Crippen LogP contribution is 2.12. The highest BCUT2D eigenvalue weighted by atomic mass is 16.5. The number of nitrogens with two attached hydrogens (primary N) is 1. The topological polar surface area (TPSA) is 84.7 Å². The van der Waals surface area contributed by atoms with Gasteiger partial charge in [-0.1, -0.05) is 12.1 Å². The predicted octanol–water partition coefficient (Wildman–Crippen LogP) is 0.119. The highest BCUT2D eigenvalue weighted by Gasteiger charge is 2.12. The van der Waals surface area contributed by atoms with Gasteiger partial charge in [0.15, 0.2) is 0 Å². The van der Waals surface area contributed by atoms with Gasteiger partial charge in [0.05, 0.1) is 20.2 Å². The van der Waals surface area contributed by atoms with E-state index in [1.807, 2.05) is 31.2 Å². The number of rotatable bonds is 7. The average molecular weight is 279 g/mol. The fourth-order valence-corrected chi connectivity index (χ4v) is 1.69. The van der Waals surface area contributed by atoms with Gasteiger partial charge in [0, 0.05) is 13.1 Å². The Morgan fingerprint density at radius 3 is 2.45 bits per heavy atom. The Bertz CT molecular complexity index is 445. The number of benzene rings is 1. The summed E-state index contributed by atoms with van der Waals surface area (Å²) in [5.74, 6) is 0.308. The zero-order valence-electron chi connectivity index (χ0n) is 11.9. The molecule has 1 aromatic carbocycles. The van der Waals surface area contributed by atoms with Gasteiger partial charge in [0.1, 0.15) is 5.75 Å². The molecule has 0 aliphatic carbocycles. The van der Waals surface area contributed by atoms with Crippen molar-refractivity contribution in [3.8, 4) is 5.75 Å². The maximum atomic E-state index is 12.0. The maximum absolute atomic E-state index is 12.0. The largest absolute Gasteiger partial charge is 0.497 e. The van der Waals surface area contributed by atoms with E-state index in [-0.39, 0.29) is 24.9 Å². The zero-order valence-corrected chi connectivity index (χ0v) is 11.9. The first-order valence-electron chi connectivity index (χ1n) is 6.48. The molecule has 0 saturated heterocycles. The van der Waals surface area contributed by atoms with E-state index >= 15 is 0 Å². The van der Waals surface area contributed by atoms with Crippen LogP contribution in [-0.2, 0) is 16.1 Å². The summed E-state index contributed by atoms with van der Waals surface area (Å²) in [5, 5.41) is 2.48. The van der Waals surface area contributed by atoms with Crippen molar-refractivity contribution in [2.75, 3.05) is 26.7 Å². The summed E-state index contributed by atoms with van der Waals surface area (Å²) in [5.41, 5.74) is 6.17.